The van der Waals surface area contributed by atoms with Gasteiger partial charge >= 0.3 is 0 Å². The molecule has 1 saturated carbocycles. The number of hydrogen-bond acceptors (Lipinski definition) is 1. The fourth-order valence-corrected chi connectivity index (χ4v) is 4.45. The highest BCUT2D eigenvalue weighted by atomic mass is 19.1. The summed E-state index contributed by atoms with van der Waals surface area (Å²) in [5, 5.41) is 10.3. The van der Waals surface area contributed by atoms with E-state index < -0.39 is 6.17 Å². The number of phenols is 1. The second kappa shape index (κ2) is 4.75. The van der Waals surface area contributed by atoms with Gasteiger partial charge in [0.2, 0.25) is 0 Å². The fourth-order valence-electron chi connectivity index (χ4n) is 4.45. The van der Waals surface area contributed by atoms with Gasteiger partial charge in [0.25, 0.3) is 0 Å². The van der Waals surface area contributed by atoms with Crippen LogP contribution in [-0.2, 0) is 11.8 Å². The molecule has 1 aromatic carbocycles. The van der Waals surface area contributed by atoms with Crippen LogP contribution in [0.3, 0.4) is 0 Å². The maximum Gasteiger partial charge on any atom is 0.119 e. The number of hydrogen-bond donors (Lipinski definition) is 1. The van der Waals surface area contributed by atoms with Crippen LogP contribution in [0.15, 0.2) is 12.1 Å². The van der Waals surface area contributed by atoms with Crippen LogP contribution in [0, 0.1) is 5.92 Å². The maximum atomic E-state index is 14.3. The van der Waals surface area contributed by atoms with Crippen molar-refractivity contribution in [1.29, 1.82) is 0 Å². The van der Waals surface area contributed by atoms with Crippen molar-refractivity contribution in [3.05, 3.63) is 28.8 Å². The predicted octanol–water partition coefficient (Wildman–Crippen LogP) is 4.86. The van der Waals surface area contributed by atoms with Gasteiger partial charge in [-0.1, -0.05) is 26.8 Å². The summed E-state index contributed by atoms with van der Waals surface area (Å²) in [6, 6.07) is 4.10. The van der Waals surface area contributed by atoms with Crippen LogP contribution in [0.2, 0.25) is 0 Å². The first-order valence-electron chi connectivity index (χ1n) is 7.94. The third-order valence-electron chi connectivity index (χ3n) is 5.65. The highest BCUT2D eigenvalue weighted by molar-refractivity contribution is 5.48. The fraction of sp³-hybridized carbons (Fsp3) is 0.667. The molecule has 0 aromatic heterocycles. The second-order valence-electron chi connectivity index (χ2n) is 7.19. The van der Waals surface area contributed by atoms with Gasteiger partial charge in [-0.2, -0.15) is 0 Å². The van der Waals surface area contributed by atoms with Crippen molar-refractivity contribution in [1.82, 2.24) is 0 Å². The molecule has 1 fully saturated rings. The lowest BCUT2D eigenvalue weighted by molar-refractivity contribution is 0.0727. The number of phenolic OH excluding ortho intramolecular Hbond substituents is 1. The molecule has 0 radical (unpaired) electrons. The first-order chi connectivity index (χ1) is 9.43. The van der Waals surface area contributed by atoms with Gasteiger partial charge in [0.15, 0.2) is 0 Å². The Labute approximate surface area is 121 Å². The molecular formula is C18H25FO. The smallest absolute Gasteiger partial charge is 0.119 e. The Kier molecular flexibility index (Phi) is 3.30. The van der Waals surface area contributed by atoms with Crippen molar-refractivity contribution in [3.8, 4) is 5.75 Å². The van der Waals surface area contributed by atoms with Crippen molar-refractivity contribution in [3.63, 3.8) is 0 Å². The molecule has 110 valence electrons. The van der Waals surface area contributed by atoms with E-state index in [1.807, 2.05) is 6.07 Å². The van der Waals surface area contributed by atoms with Crippen molar-refractivity contribution in [2.75, 3.05) is 0 Å². The summed E-state index contributed by atoms with van der Waals surface area (Å²) in [5.74, 6) is 0.848. The Bertz CT molecular complexity index is 522. The van der Waals surface area contributed by atoms with Crippen LogP contribution in [0.5, 0.6) is 5.75 Å². The second-order valence-corrected chi connectivity index (χ2v) is 7.19. The highest BCUT2D eigenvalue weighted by Crippen LogP contribution is 2.52. The lowest BCUT2D eigenvalue weighted by atomic mass is 9.57. The first kappa shape index (κ1) is 13.9. The maximum absolute atomic E-state index is 14.3. The largest absolute Gasteiger partial charge is 0.508 e. The summed E-state index contributed by atoms with van der Waals surface area (Å²) in [4.78, 5) is 0. The lowest BCUT2D eigenvalue weighted by Crippen LogP contribution is -2.45. The normalized spacial score (nSPS) is 32.9. The Morgan fingerprint density at radius 1 is 1.30 bits per heavy atom. The summed E-state index contributed by atoms with van der Waals surface area (Å²) in [6.07, 6.45) is 3.95. The molecule has 2 aliphatic carbocycles. The van der Waals surface area contributed by atoms with E-state index in [-0.39, 0.29) is 11.3 Å². The van der Waals surface area contributed by atoms with E-state index in [0.717, 1.165) is 31.2 Å². The zero-order valence-corrected chi connectivity index (χ0v) is 12.7. The molecule has 1 aromatic rings. The van der Waals surface area contributed by atoms with E-state index in [0.29, 0.717) is 18.1 Å². The Balaban J connectivity index is 2.10. The quantitative estimate of drug-likeness (QED) is 0.776. The van der Waals surface area contributed by atoms with E-state index in [1.165, 1.54) is 11.1 Å². The topological polar surface area (TPSA) is 20.2 Å². The van der Waals surface area contributed by atoms with Gasteiger partial charge < -0.3 is 5.11 Å². The molecule has 0 amide bonds. The van der Waals surface area contributed by atoms with Crippen molar-refractivity contribution in [2.45, 2.75) is 70.4 Å². The van der Waals surface area contributed by atoms with Crippen LogP contribution < -0.4 is 0 Å². The lowest BCUT2D eigenvalue weighted by Gasteiger charge is -2.48. The number of rotatable bonds is 1. The van der Waals surface area contributed by atoms with Crippen molar-refractivity contribution < 1.29 is 9.50 Å². The monoisotopic (exact) mass is 276 g/mol. The minimum Gasteiger partial charge on any atom is -0.508 e. The van der Waals surface area contributed by atoms with Gasteiger partial charge in [0.1, 0.15) is 11.9 Å². The van der Waals surface area contributed by atoms with Gasteiger partial charge in [0.05, 0.1) is 0 Å². The van der Waals surface area contributed by atoms with E-state index >= 15 is 0 Å². The minimum absolute atomic E-state index is 0.0851. The van der Waals surface area contributed by atoms with Gasteiger partial charge in [-0.3, -0.25) is 0 Å². The summed E-state index contributed by atoms with van der Waals surface area (Å²) >= 11 is 0. The molecule has 3 atom stereocenters. The summed E-state index contributed by atoms with van der Waals surface area (Å²) < 4.78 is 14.3. The summed E-state index contributed by atoms with van der Waals surface area (Å²) in [7, 11) is 0. The van der Waals surface area contributed by atoms with E-state index in [2.05, 4.69) is 26.8 Å². The number of benzene rings is 1. The van der Waals surface area contributed by atoms with Gasteiger partial charge in [-0.15, -0.1) is 0 Å². The van der Waals surface area contributed by atoms with Gasteiger partial charge in [-0.05, 0) is 72.1 Å². The third-order valence-corrected chi connectivity index (χ3v) is 5.65. The zero-order valence-electron chi connectivity index (χ0n) is 12.7. The molecule has 20 heavy (non-hydrogen) atoms. The number of aromatic hydroxyl groups is 1. The Morgan fingerprint density at radius 2 is 2.05 bits per heavy atom. The standard InChI is InChI=1S/C18H25FO/c1-11(2)13-9-12-6-7-14-16(19)5-4-8-18(14,3)15(12)10-17(13)20/h9-11,14,16,20H,4-8H2,1-3H3. The number of alkyl halides is 1. The van der Waals surface area contributed by atoms with Crippen molar-refractivity contribution >= 4 is 0 Å². The van der Waals surface area contributed by atoms with E-state index in [9.17, 15) is 9.50 Å². The SMILES string of the molecule is CC(C)c1cc2c(cc1O)C1(C)CCCC(F)C1CC2. The van der Waals surface area contributed by atoms with Crippen LogP contribution >= 0.6 is 0 Å². The molecule has 3 rings (SSSR count). The summed E-state index contributed by atoms with van der Waals surface area (Å²) in [5.41, 5.74) is 3.48. The van der Waals surface area contributed by atoms with Crippen LogP contribution in [0.1, 0.15) is 69.1 Å². The molecule has 2 aliphatic rings. The molecular weight excluding hydrogens is 251 g/mol. The number of fused-ring (bicyclic) bond motifs is 3. The number of halogens is 1. The third kappa shape index (κ3) is 1.96. The molecule has 0 heterocycles. The van der Waals surface area contributed by atoms with Gasteiger partial charge in [0, 0.05) is 0 Å². The van der Waals surface area contributed by atoms with Gasteiger partial charge in [-0.25, -0.2) is 4.39 Å². The van der Waals surface area contributed by atoms with Crippen LogP contribution in [0.4, 0.5) is 4.39 Å². The molecule has 1 N–H and O–H groups in total. The average Bonchev–Trinajstić information content (AvgIpc) is 2.38. The molecule has 0 saturated heterocycles. The van der Waals surface area contributed by atoms with Crippen molar-refractivity contribution in [2.24, 2.45) is 5.92 Å². The predicted molar refractivity (Wildman–Crippen MR) is 80.1 cm³/mol. The highest BCUT2D eigenvalue weighted by Gasteiger charge is 2.46. The van der Waals surface area contributed by atoms with Crippen LogP contribution in [0.25, 0.3) is 0 Å². The zero-order chi connectivity index (χ0) is 14.5. The Hall–Kier alpha value is -1.05. The average molecular weight is 276 g/mol. The molecule has 3 unspecified atom stereocenters. The van der Waals surface area contributed by atoms with E-state index in [1.54, 1.807) is 0 Å². The first-order valence-corrected chi connectivity index (χ1v) is 7.94. The molecule has 0 spiro atoms. The number of aryl methyl sites for hydroxylation is 1. The van der Waals surface area contributed by atoms with Crippen LogP contribution in [-0.4, -0.2) is 11.3 Å². The summed E-state index contributed by atoms with van der Waals surface area (Å²) in [6.45, 7) is 6.41. The minimum atomic E-state index is -0.672. The molecule has 0 aliphatic heterocycles. The Morgan fingerprint density at radius 3 is 2.75 bits per heavy atom. The van der Waals surface area contributed by atoms with E-state index in [4.69, 9.17) is 0 Å². The molecule has 2 heteroatoms. The molecule has 0 bridgehead atoms. The molecule has 1 nitrogen and oxygen atoms in total.